The number of ether oxygens (including phenoxy) is 1. The fourth-order valence-electron chi connectivity index (χ4n) is 3.21. The van der Waals surface area contributed by atoms with E-state index in [2.05, 4.69) is 31.0 Å². The monoisotopic (exact) mass is 284 g/mol. The topological polar surface area (TPSA) is 41.6 Å². The summed E-state index contributed by atoms with van der Waals surface area (Å²) in [6.07, 6.45) is 5.58. The highest BCUT2D eigenvalue weighted by Gasteiger charge is 2.36. The molecule has 4 heteroatoms. The maximum absolute atomic E-state index is 12.1. The number of hydrogen-bond acceptors (Lipinski definition) is 4. The van der Waals surface area contributed by atoms with E-state index in [0.717, 1.165) is 25.9 Å². The van der Waals surface area contributed by atoms with Gasteiger partial charge in [0.25, 0.3) is 0 Å². The minimum absolute atomic E-state index is 0.147. The molecule has 0 spiro atoms. The van der Waals surface area contributed by atoms with Gasteiger partial charge in [0.2, 0.25) is 0 Å². The molecule has 0 bridgehead atoms. The molecule has 0 saturated carbocycles. The second-order valence-electron chi connectivity index (χ2n) is 6.23. The van der Waals surface area contributed by atoms with Crippen molar-refractivity contribution in [3.8, 4) is 0 Å². The van der Waals surface area contributed by atoms with Gasteiger partial charge in [0.15, 0.2) is 0 Å². The van der Waals surface area contributed by atoms with Gasteiger partial charge < -0.3 is 10.1 Å². The van der Waals surface area contributed by atoms with Gasteiger partial charge in [-0.15, -0.1) is 0 Å². The van der Waals surface area contributed by atoms with E-state index in [-0.39, 0.29) is 5.97 Å². The summed E-state index contributed by atoms with van der Waals surface area (Å²) in [5, 5.41) is 3.37. The van der Waals surface area contributed by atoms with E-state index < -0.39 is 5.54 Å². The van der Waals surface area contributed by atoms with E-state index in [0.29, 0.717) is 12.1 Å². The fraction of sp³-hybridized carbons (Fsp3) is 0.938. The zero-order valence-corrected chi connectivity index (χ0v) is 13.9. The third-order valence-electron chi connectivity index (χ3n) is 4.70. The lowest BCUT2D eigenvalue weighted by Crippen LogP contribution is -2.53. The van der Waals surface area contributed by atoms with Crippen LogP contribution in [0.2, 0.25) is 0 Å². The zero-order chi connectivity index (χ0) is 15.2. The summed E-state index contributed by atoms with van der Waals surface area (Å²) in [5.74, 6) is -0.147. The van der Waals surface area contributed by atoms with E-state index in [1.807, 2.05) is 6.92 Å². The molecule has 20 heavy (non-hydrogen) atoms. The average Bonchev–Trinajstić information content (AvgIpc) is 2.82. The lowest BCUT2D eigenvalue weighted by atomic mass is 9.96. The van der Waals surface area contributed by atoms with Crippen molar-refractivity contribution in [2.45, 2.75) is 77.4 Å². The van der Waals surface area contributed by atoms with Crippen LogP contribution >= 0.6 is 0 Å². The molecule has 0 amide bonds. The maximum atomic E-state index is 12.1. The molecule has 3 atom stereocenters. The molecule has 0 aliphatic carbocycles. The molecule has 118 valence electrons. The summed E-state index contributed by atoms with van der Waals surface area (Å²) < 4.78 is 4.99. The second kappa shape index (κ2) is 7.99. The van der Waals surface area contributed by atoms with Crippen LogP contribution in [0.1, 0.15) is 59.8 Å². The molecule has 0 aromatic rings. The fourth-order valence-corrected chi connectivity index (χ4v) is 3.21. The van der Waals surface area contributed by atoms with Crippen LogP contribution < -0.4 is 5.32 Å². The predicted molar refractivity (Wildman–Crippen MR) is 82.8 cm³/mol. The van der Waals surface area contributed by atoms with E-state index in [4.69, 9.17) is 4.74 Å². The van der Waals surface area contributed by atoms with Crippen molar-refractivity contribution < 1.29 is 9.53 Å². The molecule has 1 aliphatic rings. The Bertz CT molecular complexity index is 309. The Kier molecular flexibility index (Phi) is 6.96. The number of carbonyl (C=O) groups excluding carboxylic acids is 1. The first-order chi connectivity index (χ1) is 9.48. The number of nitrogens with one attached hydrogen (secondary N) is 1. The predicted octanol–water partition coefficient (Wildman–Crippen LogP) is 2.57. The highest BCUT2D eigenvalue weighted by atomic mass is 16.5. The third-order valence-corrected chi connectivity index (χ3v) is 4.70. The van der Waals surface area contributed by atoms with E-state index >= 15 is 0 Å². The van der Waals surface area contributed by atoms with Crippen molar-refractivity contribution in [2.75, 3.05) is 20.2 Å². The molecule has 1 N–H and O–H groups in total. The Morgan fingerprint density at radius 3 is 2.65 bits per heavy atom. The lowest BCUT2D eigenvalue weighted by Gasteiger charge is -2.33. The molecular formula is C16H32N2O2. The normalized spacial score (nSPS) is 26.4. The summed E-state index contributed by atoms with van der Waals surface area (Å²) in [6.45, 7) is 10.4. The number of carbonyl (C=O) groups is 1. The van der Waals surface area contributed by atoms with Gasteiger partial charge in [-0.05, 0) is 52.5 Å². The highest BCUT2D eigenvalue weighted by molar-refractivity contribution is 5.80. The Morgan fingerprint density at radius 1 is 1.40 bits per heavy atom. The quantitative estimate of drug-likeness (QED) is 0.696. The van der Waals surface area contributed by atoms with Crippen molar-refractivity contribution in [2.24, 2.45) is 0 Å². The lowest BCUT2D eigenvalue weighted by molar-refractivity contribution is -0.148. The van der Waals surface area contributed by atoms with Gasteiger partial charge in [-0.2, -0.15) is 0 Å². The van der Waals surface area contributed by atoms with Gasteiger partial charge in [0.05, 0.1) is 7.11 Å². The number of esters is 1. The molecular weight excluding hydrogens is 252 g/mol. The molecule has 0 radical (unpaired) electrons. The molecule has 4 nitrogen and oxygen atoms in total. The van der Waals surface area contributed by atoms with Crippen LogP contribution in [0.4, 0.5) is 0 Å². The van der Waals surface area contributed by atoms with E-state index in [1.54, 1.807) is 0 Å². The molecule has 1 fully saturated rings. The molecule has 1 saturated heterocycles. The summed E-state index contributed by atoms with van der Waals surface area (Å²) in [6, 6.07) is 1.31. The number of nitrogens with zero attached hydrogens (tertiary/aromatic N) is 1. The first kappa shape index (κ1) is 17.4. The highest BCUT2D eigenvalue weighted by Crippen LogP contribution is 2.27. The number of likely N-dealkylation sites (tertiary alicyclic amines) is 1. The Morgan fingerprint density at radius 2 is 2.10 bits per heavy atom. The first-order valence-corrected chi connectivity index (χ1v) is 8.07. The average molecular weight is 284 g/mol. The van der Waals surface area contributed by atoms with Crippen LogP contribution in [0.25, 0.3) is 0 Å². The van der Waals surface area contributed by atoms with Gasteiger partial charge in [-0.3, -0.25) is 9.69 Å². The zero-order valence-electron chi connectivity index (χ0n) is 13.9. The maximum Gasteiger partial charge on any atom is 0.325 e. The Labute approximate surface area is 124 Å². The van der Waals surface area contributed by atoms with Crippen LogP contribution in [0.3, 0.4) is 0 Å². The van der Waals surface area contributed by atoms with Gasteiger partial charge in [0, 0.05) is 18.6 Å². The minimum Gasteiger partial charge on any atom is -0.468 e. The number of hydrogen-bond donors (Lipinski definition) is 1. The largest absolute Gasteiger partial charge is 0.468 e. The Balaban J connectivity index is 2.63. The summed E-state index contributed by atoms with van der Waals surface area (Å²) >= 11 is 0. The van der Waals surface area contributed by atoms with Crippen LogP contribution in [-0.2, 0) is 9.53 Å². The molecule has 1 rings (SSSR count). The van der Waals surface area contributed by atoms with E-state index in [9.17, 15) is 4.79 Å². The van der Waals surface area contributed by atoms with Crippen LogP contribution in [-0.4, -0.2) is 48.7 Å². The van der Waals surface area contributed by atoms with Gasteiger partial charge in [-0.1, -0.05) is 13.8 Å². The van der Waals surface area contributed by atoms with Gasteiger partial charge in [-0.25, -0.2) is 0 Å². The second-order valence-corrected chi connectivity index (χ2v) is 6.23. The van der Waals surface area contributed by atoms with Crippen molar-refractivity contribution in [1.82, 2.24) is 10.2 Å². The van der Waals surface area contributed by atoms with Crippen LogP contribution in [0.15, 0.2) is 0 Å². The van der Waals surface area contributed by atoms with Gasteiger partial charge in [0.1, 0.15) is 5.54 Å². The summed E-state index contributed by atoms with van der Waals surface area (Å²) in [5.41, 5.74) is -0.564. The van der Waals surface area contributed by atoms with Crippen LogP contribution in [0, 0.1) is 0 Å². The smallest absolute Gasteiger partial charge is 0.325 e. The molecule has 1 heterocycles. The summed E-state index contributed by atoms with van der Waals surface area (Å²) in [7, 11) is 1.47. The third kappa shape index (κ3) is 4.19. The van der Waals surface area contributed by atoms with Crippen molar-refractivity contribution in [1.29, 1.82) is 0 Å². The SMILES string of the molecule is CCCNC(C)(CCN1C(C)CCC1CC)C(=O)OC. The van der Waals surface area contributed by atoms with Crippen molar-refractivity contribution in [3.63, 3.8) is 0 Å². The molecule has 0 aromatic carbocycles. The van der Waals surface area contributed by atoms with Crippen molar-refractivity contribution in [3.05, 3.63) is 0 Å². The Hall–Kier alpha value is -0.610. The number of methoxy groups -OCH3 is 1. The summed E-state index contributed by atoms with van der Waals surface area (Å²) in [4.78, 5) is 14.6. The minimum atomic E-state index is -0.564. The van der Waals surface area contributed by atoms with Crippen molar-refractivity contribution >= 4 is 5.97 Å². The van der Waals surface area contributed by atoms with Crippen LogP contribution in [0.5, 0.6) is 0 Å². The van der Waals surface area contributed by atoms with Gasteiger partial charge >= 0.3 is 5.97 Å². The molecule has 0 aromatic heterocycles. The van der Waals surface area contributed by atoms with E-state index in [1.165, 1.54) is 26.4 Å². The standard InChI is InChI=1S/C16H32N2O2/c1-6-11-17-16(4,15(19)20-5)10-12-18-13(3)8-9-14(18)7-2/h13-14,17H,6-12H2,1-5H3. The molecule has 1 aliphatic heterocycles. The molecule has 3 unspecified atom stereocenters. The first-order valence-electron chi connectivity index (χ1n) is 8.07. The number of rotatable bonds is 8.